The average Bonchev–Trinajstić information content (AvgIpc) is 3.18. The second-order valence-electron chi connectivity index (χ2n) is 5.76. The molecule has 3 aromatic rings. The first-order valence-electron chi connectivity index (χ1n) is 7.61. The van der Waals surface area contributed by atoms with Gasteiger partial charge in [0.2, 0.25) is 5.78 Å². The third-order valence-corrected chi connectivity index (χ3v) is 4.27. The molecule has 4 rings (SSSR count). The summed E-state index contributed by atoms with van der Waals surface area (Å²) in [5.41, 5.74) is 0.817. The topological polar surface area (TPSA) is 80.9 Å². The minimum absolute atomic E-state index is 0.165. The molecule has 1 saturated carbocycles. The number of imidazole rings is 1. The van der Waals surface area contributed by atoms with E-state index in [0.717, 1.165) is 31.6 Å². The van der Waals surface area contributed by atoms with E-state index in [1.54, 1.807) is 6.33 Å². The van der Waals surface area contributed by atoms with Crippen LogP contribution in [-0.4, -0.2) is 29.1 Å². The van der Waals surface area contributed by atoms with Crippen molar-refractivity contribution in [3.63, 3.8) is 0 Å². The van der Waals surface area contributed by atoms with E-state index in [-0.39, 0.29) is 5.56 Å². The van der Waals surface area contributed by atoms with Crippen molar-refractivity contribution in [1.29, 1.82) is 0 Å². The first-order chi connectivity index (χ1) is 10.3. The van der Waals surface area contributed by atoms with Crippen molar-refractivity contribution in [3.8, 4) is 0 Å². The number of H-pyrrole nitrogens is 1. The van der Waals surface area contributed by atoms with Gasteiger partial charge in [0.1, 0.15) is 12.2 Å². The average molecular weight is 286 g/mol. The van der Waals surface area contributed by atoms with Crippen LogP contribution in [0.15, 0.2) is 11.1 Å². The van der Waals surface area contributed by atoms with Gasteiger partial charge in [-0.1, -0.05) is 19.8 Å². The number of aromatic amines is 1. The van der Waals surface area contributed by atoms with Crippen molar-refractivity contribution >= 4 is 16.9 Å². The van der Waals surface area contributed by atoms with E-state index in [1.165, 1.54) is 17.4 Å². The Hall–Kier alpha value is -2.18. The quantitative estimate of drug-likeness (QED) is 0.796. The molecule has 0 amide bonds. The van der Waals surface area contributed by atoms with Crippen LogP contribution in [0.4, 0.5) is 0 Å². The molecule has 1 fully saturated rings. The van der Waals surface area contributed by atoms with E-state index < -0.39 is 0 Å². The Balaban J connectivity index is 1.92. The van der Waals surface area contributed by atoms with Gasteiger partial charge in [0.15, 0.2) is 11.2 Å². The molecule has 0 radical (unpaired) electrons. The van der Waals surface area contributed by atoms with Crippen LogP contribution in [0, 0.1) is 0 Å². The molecule has 0 aliphatic heterocycles. The number of nitrogens with one attached hydrogen (secondary N) is 1. The summed E-state index contributed by atoms with van der Waals surface area (Å²) in [4.78, 5) is 24.8. The number of nitrogens with zero attached hydrogens (tertiary/aromatic N) is 5. The maximum Gasteiger partial charge on any atom is 0.301 e. The first-order valence-corrected chi connectivity index (χ1v) is 7.61. The second-order valence-corrected chi connectivity index (χ2v) is 5.76. The third-order valence-electron chi connectivity index (χ3n) is 4.27. The van der Waals surface area contributed by atoms with Crippen LogP contribution in [0.25, 0.3) is 16.9 Å². The molecule has 110 valence electrons. The van der Waals surface area contributed by atoms with Crippen molar-refractivity contribution < 1.29 is 0 Å². The fraction of sp³-hybridized carbons (Fsp3) is 0.571. The highest BCUT2D eigenvalue weighted by atomic mass is 16.1. The highest BCUT2D eigenvalue weighted by Crippen LogP contribution is 2.32. The van der Waals surface area contributed by atoms with Gasteiger partial charge in [-0.25, -0.2) is 4.98 Å². The van der Waals surface area contributed by atoms with Gasteiger partial charge in [0.25, 0.3) is 0 Å². The van der Waals surface area contributed by atoms with Gasteiger partial charge >= 0.3 is 5.56 Å². The minimum atomic E-state index is -0.165. The smallest absolute Gasteiger partial charge is 0.301 e. The second kappa shape index (κ2) is 4.68. The minimum Gasteiger partial charge on any atom is -0.336 e. The van der Waals surface area contributed by atoms with Gasteiger partial charge < -0.3 is 4.98 Å². The summed E-state index contributed by atoms with van der Waals surface area (Å²) in [6.07, 6.45) is 7.37. The summed E-state index contributed by atoms with van der Waals surface area (Å²) in [5.74, 6) is 1.91. The van der Waals surface area contributed by atoms with Gasteiger partial charge in [-0.2, -0.15) is 14.6 Å². The van der Waals surface area contributed by atoms with Crippen LogP contribution >= 0.6 is 0 Å². The molecule has 3 heterocycles. The SMILES string of the molecule is CCCn1cnn2c(=O)c3[nH]c(C4CCCC4)nc3nc12. The zero-order valence-electron chi connectivity index (χ0n) is 12.0. The molecule has 0 atom stereocenters. The van der Waals surface area contributed by atoms with E-state index in [0.29, 0.717) is 22.9 Å². The Labute approximate surface area is 121 Å². The lowest BCUT2D eigenvalue weighted by atomic mass is 10.1. The number of aromatic nitrogens is 6. The molecule has 7 heteroatoms. The number of hydrogen-bond donors (Lipinski definition) is 1. The normalized spacial score (nSPS) is 16.4. The highest BCUT2D eigenvalue weighted by Gasteiger charge is 2.22. The van der Waals surface area contributed by atoms with Crippen molar-refractivity contribution in [1.82, 2.24) is 29.1 Å². The highest BCUT2D eigenvalue weighted by molar-refractivity contribution is 5.71. The Kier molecular flexibility index (Phi) is 2.80. The monoisotopic (exact) mass is 286 g/mol. The number of aryl methyl sites for hydroxylation is 1. The lowest BCUT2D eigenvalue weighted by Gasteiger charge is -2.02. The number of hydrogen-bond acceptors (Lipinski definition) is 4. The van der Waals surface area contributed by atoms with Crippen LogP contribution in [0.1, 0.15) is 50.8 Å². The Morgan fingerprint density at radius 1 is 1.33 bits per heavy atom. The predicted molar refractivity (Wildman–Crippen MR) is 78.4 cm³/mol. The summed E-state index contributed by atoms with van der Waals surface area (Å²) < 4.78 is 3.25. The molecule has 0 spiro atoms. The molecule has 3 aromatic heterocycles. The van der Waals surface area contributed by atoms with E-state index in [2.05, 4.69) is 27.0 Å². The predicted octanol–water partition coefficient (Wildman–Crippen LogP) is 1.83. The fourth-order valence-electron chi connectivity index (χ4n) is 3.20. The molecule has 0 bridgehead atoms. The van der Waals surface area contributed by atoms with Crippen LogP contribution < -0.4 is 5.56 Å². The van der Waals surface area contributed by atoms with Crippen LogP contribution in [0.3, 0.4) is 0 Å². The molecule has 0 saturated heterocycles. The largest absolute Gasteiger partial charge is 0.336 e. The summed E-state index contributed by atoms with van der Waals surface area (Å²) in [7, 11) is 0. The summed E-state index contributed by atoms with van der Waals surface area (Å²) in [5, 5.41) is 4.15. The van der Waals surface area contributed by atoms with Gasteiger partial charge in [-0.15, -0.1) is 0 Å². The number of fused-ring (bicyclic) bond motifs is 2. The zero-order valence-corrected chi connectivity index (χ0v) is 12.0. The van der Waals surface area contributed by atoms with Crippen molar-refractivity contribution in [2.45, 2.75) is 51.5 Å². The van der Waals surface area contributed by atoms with Crippen molar-refractivity contribution in [2.75, 3.05) is 0 Å². The van der Waals surface area contributed by atoms with Gasteiger partial charge in [-0.05, 0) is 19.3 Å². The van der Waals surface area contributed by atoms with E-state index in [9.17, 15) is 4.79 Å². The Bertz CT molecular complexity index is 851. The first kappa shape index (κ1) is 12.6. The fourth-order valence-corrected chi connectivity index (χ4v) is 3.20. The molecule has 0 aromatic carbocycles. The number of rotatable bonds is 3. The molecule has 1 N–H and O–H groups in total. The zero-order chi connectivity index (χ0) is 14.4. The molecule has 1 aliphatic rings. The summed E-state index contributed by atoms with van der Waals surface area (Å²) in [6.45, 7) is 2.88. The molecular weight excluding hydrogens is 268 g/mol. The van der Waals surface area contributed by atoms with Crippen LogP contribution in [0.2, 0.25) is 0 Å². The molecule has 21 heavy (non-hydrogen) atoms. The van der Waals surface area contributed by atoms with E-state index >= 15 is 0 Å². The van der Waals surface area contributed by atoms with Crippen molar-refractivity contribution in [3.05, 3.63) is 22.5 Å². The Morgan fingerprint density at radius 2 is 2.14 bits per heavy atom. The van der Waals surface area contributed by atoms with Gasteiger partial charge in [0, 0.05) is 12.5 Å². The van der Waals surface area contributed by atoms with E-state index in [1.807, 2.05) is 4.57 Å². The Morgan fingerprint density at radius 3 is 2.90 bits per heavy atom. The van der Waals surface area contributed by atoms with Crippen molar-refractivity contribution in [2.24, 2.45) is 0 Å². The third kappa shape index (κ3) is 1.87. The summed E-state index contributed by atoms with van der Waals surface area (Å²) in [6, 6.07) is 0. The van der Waals surface area contributed by atoms with Gasteiger partial charge in [-0.3, -0.25) is 9.36 Å². The standard InChI is InChI=1S/C14H18N6O/c1-2-7-19-8-15-20-13(21)10-12(18-14(19)20)17-11(16-10)9-5-3-4-6-9/h8-9H,2-7H2,1H3,(H,16,17). The summed E-state index contributed by atoms with van der Waals surface area (Å²) >= 11 is 0. The van der Waals surface area contributed by atoms with E-state index in [4.69, 9.17) is 0 Å². The molecular formula is C14H18N6O. The van der Waals surface area contributed by atoms with Gasteiger partial charge in [0.05, 0.1) is 0 Å². The lowest BCUT2D eigenvalue weighted by Crippen LogP contribution is -2.16. The van der Waals surface area contributed by atoms with Crippen LogP contribution in [0.5, 0.6) is 0 Å². The maximum absolute atomic E-state index is 12.5. The lowest BCUT2D eigenvalue weighted by molar-refractivity contribution is 0.680. The molecule has 0 unspecified atom stereocenters. The molecule has 7 nitrogen and oxygen atoms in total. The maximum atomic E-state index is 12.5. The van der Waals surface area contributed by atoms with Crippen LogP contribution in [-0.2, 0) is 6.54 Å². The molecule has 1 aliphatic carbocycles.